The predicted molar refractivity (Wildman–Crippen MR) is 130 cm³/mol. The molecule has 0 spiro atoms. The highest BCUT2D eigenvalue weighted by Gasteiger charge is 2.32. The van der Waals surface area contributed by atoms with E-state index in [1.165, 1.54) is 12.1 Å². The molecule has 2 aliphatic heterocycles. The highest BCUT2D eigenvalue weighted by Crippen LogP contribution is 2.21. The second-order valence-corrected chi connectivity index (χ2v) is 10.4. The number of hydrogen-bond acceptors (Lipinski definition) is 6. The van der Waals surface area contributed by atoms with Crippen LogP contribution in [0.25, 0.3) is 0 Å². The summed E-state index contributed by atoms with van der Waals surface area (Å²) in [6, 6.07) is 15.9. The number of piperazine rings is 1. The molecule has 2 N–H and O–H groups in total. The van der Waals surface area contributed by atoms with E-state index in [4.69, 9.17) is 4.74 Å². The molecule has 9 heteroatoms. The molecule has 0 bridgehead atoms. The molecule has 3 atom stereocenters. The molecule has 34 heavy (non-hydrogen) atoms. The Balaban J connectivity index is 1.32. The number of aliphatic hydroxyl groups is 1. The van der Waals surface area contributed by atoms with Crippen molar-refractivity contribution in [3.8, 4) is 0 Å². The quantitative estimate of drug-likeness (QED) is 0.579. The number of para-hydroxylation sites is 1. The molecule has 0 unspecified atom stereocenters. The van der Waals surface area contributed by atoms with Gasteiger partial charge in [-0.2, -0.15) is 0 Å². The van der Waals surface area contributed by atoms with Crippen molar-refractivity contribution in [2.45, 2.75) is 36.5 Å². The maximum atomic E-state index is 12.8. The average molecular weight is 486 g/mol. The molecule has 0 aliphatic carbocycles. The van der Waals surface area contributed by atoms with Gasteiger partial charge in [0, 0.05) is 31.9 Å². The van der Waals surface area contributed by atoms with E-state index < -0.39 is 28.3 Å². The molecule has 8 nitrogen and oxygen atoms in total. The first-order chi connectivity index (χ1) is 16.4. The van der Waals surface area contributed by atoms with Crippen molar-refractivity contribution in [3.05, 3.63) is 72.3 Å². The van der Waals surface area contributed by atoms with Crippen LogP contribution in [0.5, 0.6) is 0 Å². The zero-order valence-electron chi connectivity index (χ0n) is 19.2. The van der Waals surface area contributed by atoms with Crippen LogP contribution in [0, 0.1) is 6.92 Å². The highest BCUT2D eigenvalue weighted by molar-refractivity contribution is 7.89. The Kier molecular flexibility index (Phi) is 7.67. The van der Waals surface area contributed by atoms with Crippen LogP contribution >= 0.6 is 0 Å². The summed E-state index contributed by atoms with van der Waals surface area (Å²) in [7, 11) is -3.78. The summed E-state index contributed by atoms with van der Waals surface area (Å²) in [6.45, 7) is 4.30. The number of amides is 1. The lowest BCUT2D eigenvalue weighted by atomic mass is 10.1. The van der Waals surface area contributed by atoms with Gasteiger partial charge in [-0.25, -0.2) is 13.1 Å². The number of rotatable bonds is 7. The lowest BCUT2D eigenvalue weighted by molar-refractivity contribution is -0.135. The van der Waals surface area contributed by atoms with Gasteiger partial charge >= 0.3 is 0 Å². The fourth-order valence-electron chi connectivity index (χ4n) is 4.23. The van der Waals surface area contributed by atoms with Crippen molar-refractivity contribution in [1.82, 2.24) is 9.62 Å². The van der Waals surface area contributed by atoms with Crippen molar-refractivity contribution >= 4 is 21.6 Å². The predicted octanol–water partition coefficient (Wildman–Crippen LogP) is 1.70. The van der Waals surface area contributed by atoms with Crippen LogP contribution in [-0.4, -0.2) is 75.4 Å². The SMILES string of the molecule is Cc1ccc(S(=O)(=O)N[C@@H]2C=C[C@H](CC(=O)N3CCN(c4ccccc4)CC3)O[C@@H]2CO)cc1. The number of ether oxygens (including phenoxy) is 1. The summed E-state index contributed by atoms with van der Waals surface area (Å²) >= 11 is 0. The molecular weight excluding hydrogens is 454 g/mol. The zero-order chi connectivity index (χ0) is 24.1. The van der Waals surface area contributed by atoms with E-state index in [-0.39, 0.29) is 23.8 Å². The minimum Gasteiger partial charge on any atom is -0.394 e. The van der Waals surface area contributed by atoms with Gasteiger partial charge in [0.1, 0.15) is 6.10 Å². The molecule has 2 aromatic rings. The molecule has 2 heterocycles. The number of benzene rings is 2. The minimum absolute atomic E-state index is 0.0160. The molecule has 0 aromatic heterocycles. The Morgan fingerprint density at radius 3 is 2.35 bits per heavy atom. The first kappa shape index (κ1) is 24.4. The Bertz CT molecular complexity index is 1100. The van der Waals surface area contributed by atoms with Crippen LogP contribution in [0.15, 0.2) is 71.6 Å². The van der Waals surface area contributed by atoms with Gasteiger partial charge in [0.05, 0.1) is 30.1 Å². The van der Waals surface area contributed by atoms with E-state index >= 15 is 0 Å². The summed E-state index contributed by atoms with van der Waals surface area (Å²) in [4.78, 5) is 17.1. The summed E-state index contributed by atoms with van der Waals surface area (Å²) in [6.07, 6.45) is 2.22. The molecule has 1 amide bonds. The van der Waals surface area contributed by atoms with E-state index in [1.807, 2.05) is 30.0 Å². The maximum Gasteiger partial charge on any atom is 0.241 e. The van der Waals surface area contributed by atoms with Crippen LogP contribution in [0.2, 0.25) is 0 Å². The van der Waals surface area contributed by atoms with E-state index in [9.17, 15) is 18.3 Å². The monoisotopic (exact) mass is 485 g/mol. The maximum absolute atomic E-state index is 12.8. The second-order valence-electron chi connectivity index (χ2n) is 8.65. The minimum atomic E-state index is -3.78. The summed E-state index contributed by atoms with van der Waals surface area (Å²) < 4.78 is 33.9. The van der Waals surface area contributed by atoms with Gasteiger partial charge in [-0.3, -0.25) is 4.79 Å². The van der Waals surface area contributed by atoms with Crippen molar-refractivity contribution in [2.24, 2.45) is 0 Å². The third-order valence-electron chi connectivity index (χ3n) is 6.22. The smallest absolute Gasteiger partial charge is 0.241 e. The van der Waals surface area contributed by atoms with Crippen LogP contribution in [-0.2, 0) is 19.6 Å². The Labute approximate surface area is 200 Å². The standard InChI is InChI=1S/C25H31N3O5S/c1-19-7-10-22(11-8-19)34(31,32)26-23-12-9-21(33-24(23)18-29)17-25(30)28-15-13-27(14-16-28)20-5-3-2-4-6-20/h2-12,21,23-24,26,29H,13-18H2,1H3/t21-,23-,24-/m1/s1. The van der Waals surface area contributed by atoms with Crippen LogP contribution in [0.4, 0.5) is 5.69 Å². The molecule has 0 saturated carbocycles. The van der Waals surface area contributed by atoms with Gasteiger partial charge in [0.2, 0.25) is 15.9 Å². The lowest BCUT2D eigenvalue weighted by Crippen LogP contribution is -2.51. The zero-order valence-corrected chi connectivity index (χ0v) is 20.0. The summed E-state index contributed by atoms with van der Waals surface area (Å²) in [5, 5.41) is 9.81. The molecule has 0 radical (unpaired) electrons. The number of hydrogen-bond donors (Lipinski definition) is 2. The van der Waals surface area contributed by atoms with Gasteiger partial charge < -0.3 is 19.6 Å². The van der Waals surface area contributed by atoms with Crippen molar-refractivity contribution in [1.29, 1.82) is 0 Å². The summed E-state index contributed by atoms with van der Waals surface area (Å²) in [5.74, 6) is -0.0160. The lowest BCUT2D eigenvalue weighted by Gasteiger charge is -2.37. The first-order valence-electron chi connectivity index (χ1n) is 11.5. The van der Waals surface area contributed by atoms with E-state index in [1.54, 1.807) is 24.3 Å². The number of aryl methyl sites for hydroxylation is 1. The van der Waals surface area contributed by atoms with E-state index in [0.717, 1.165) is 24.3 Å². The van der Waals surface area contributed by atoms with Crippen molar-refractivity contribution < 1.29 is 23.1 Å². The molecule has 1 saturated heterocycles. The fourth-order valence-corrected chi connectivity index (χ4v) is 5.45. The van der Waals surface area contributed by atoms with E-state index in [2.05, 4.69) is 21.8 Å². The topological polar surface area (TPSA) is 99.2 Å². The number of carbonyl (C=O) groups excluding carboxylic acids is 1. The number of sulfonamides is 1. The van der Waals surface area contributed by atoms with Crippen LogP contribution < -0.4 is 9.62 Å². The van der Waals surface area contributed by atoms with Gasteiger partial charge in [-0.15, -0.1) is 0 Å². The molecule has 2 aliphatic rings. The second kappa shape index (κ2) is 10.7. The fraction of sp³-hybridized carbons (Fsp3) is 0.400. The molecule has 182 valence electrons. The molecule has 2 aromatic carbocycles. The average Bonchev–Trinajstić information content (AvgIpc) is 2.85. The Hall–Kier alpha value is -2.72. The highest BCUT2D eigenvalue weighted by atomic mass is 32.2. The number of anilines is 1. The Morgan fingerprint density at radius 2 is 1.71 bits per heavy atom. The molecule has 1 fully saturated rings. The third-order valence-corrected chi connectivity index (χ3v) is 7.69. The van der Waals surface area contributed by atoms with E-state index in [0.29, 0.717) is 13.1 Å². The van der Waals surface area contributed by atoms with Gasteiger partial charge in [-0.05, 0) is 31.2 Å². The van der Waals surface area contributed by atoms with Gasteiger partial charge in [-0.1, -0.05) is 48.0 Å². The normalized spacial score (nSPS) is 23.2. The van der Waals surface area contributed by atoms with Crippen LogP contribution in [0.3, 0.4) is 0 Å². The Morgan fingerprint density at radius 1 is 1.03 bits per heavy atom. The van der Waals surface area contributed by atoms with Gasteiger partial charge in [0.15, 0.2) is 0 Å². The number of carbonyl (C=O) groups is 1. The first-order valence-corrected chi connectivity index (χ1v) is 13.0. The number of nitrogens with zero attached hydrogens (tertiary/aromatic N) is 2. The van der Waals surface area contributed by atoms with Crippen molar-refractivity contribution in [2.75, 3.05) is 37.7 Å². The van der Waals surface area contributed by atoms with Gasteiger partial charge in [0.25, 0.3) is 0 Å². The largest absolute Gasteiger partial charge is 0.394 e. The molecule has 4 rings (SSSR count). The van der Waals surface area contributed by atoms with Crippen LogP contribution in [0.1, 0.15) is 12.0 Å². The number of aliphatic hydroxyl groups excluding tert-OH is 1. The third kappa shape index (κ3) is 5.85. The number of nitrogens with one attached hydrogen (secondary N) is 1. The van der Waals surface area contributed by atoms with Crippen molar-refractivity contribution in [3.63, 3.8) is 0 Å². The summed E-state index contributed by atoms with van der Waals surface area (Å²) in [5.41, 5.74) is 2.11. The molecular formula is C25H31N3O5S.